The largest absolute Gasteiger partial charge is 0.299 e. The van der Waals surface area contributed by atoms with Crippen LogP contribution >= 0.6 is 12.2 Å². The van der Waals surface area contributed by atoms with Crippen molar-refractivity contribution in [2.45, 2.75) is 25.3 Å². The molecule has 1 heterocycles. The van der Waals surface area contributed by atoms with Crippen LogP contribution in [-0.4, -0.2) is 14.8 Å². The molecule has 1 aromatic carbocycles. The highest BCUT2D eigenvalue weighted by atomic mass is 32.1. The zero-order chi connectivity index (χ0) is 12.7. The fourth-order valence-corrected chi connectivity index (χ4v) is 2.16. The Labute approximate surface area is 107 Å². The van der Waals surface area contributed by atoms with Crippen LogP contribution in [0.5, 0.6) is 0 Å². The van der Waals surface area contributed by atoms with Crippen LogP contribution in [0.1, 0.15) is 30.1 Å². The molecule has 1 aliphatic carbocycles. The van der Waals surface area contributed by atoms with Crippen LogP contribution in [0.15, 0.2) is 18.2 Å². The predicted molar refractivity (Wildman–Crippen MR) is 64.8 cm³/mol. The smallest absolute Gasteiger partial charge is 0.195 e. The monoisotopic (exact) mass is 267 g/mol. The molecule has 2 aromatic rings. The second-order valence-electron chi connectivity index (χ2n) is 4.48. The minimum Gasteiger partial charge on any atom is -0.299 e. The van der Waals surface area contributed by atoms with E-state index in [0.29, 0.717) is 16.3 Å². The molecular formula is C12H11F2N3S. The fraction of sp³-hybridized carbons (Fsp3) is 0.333. The summed E-state index contributed by atoms with van der Waals surface area (Å²) in [6, 6.07) is 3.57. The van der Waals surface area contributed by atoms with Gasteiger partial charge in [-0.1, -0.05) is 6.07 Å². The lowest BCUT2D eigenvalue weighted by Crippen LogP contribution is -2.06. The number of halogens is 2. The Morgan fingerprint density at radius 2 is 2.17 bits per heavy atom. The second-order valence-corrected chi connectivity index (χ2v) is 4.87. The molecule has 0 bridgehead atoms. The van der Waals surface area contributed by atoms with Gasteiger partial charge in [-0.15, -0.1) is 0 Å². The molecule has 18 heavy (non-hydrogen) atoms. The zero-order valence-corrected chi connectivity index (χ0v) is 10.3. The van der Waals surface area contributed by atoms with E-state index in [1.165, 1.54) is 12.1 Å². The summed E-state index contributed by atoms with van der Waals surface area (Å²) >= 11 is 5.14. The first-order chi connectivity index (χ1) is 8.65. The molecule has 3 nitrogen and oxygen atoms in total. The summed E-state index contributed by atoms with van der Waals surface area (Å²) in [4.78, 5) is 0. The maximum absolute atomic E-state index is 13.6. The average molecular weight is 267 g/mol. The van der Waals surface area contributed by atoms with E-state index in [9.17, 15) is 8.78 Å². The molecule has 0 atom stereocenters. The number of aromatic amines is 1. The molecule has 6 heteroatoms. The molecule has 1 N–H and O–H groups in total. The molecule has 0 aliphatic heterocycles. The summed E-state index contributed by atoms with van der Waals surface area (Å²) in [5.74, 6) is 0.152. The Morgan fingerprint density at radius 3 is 2.83 bits per heavy atom. The quantitative estimate of drug-likeness (QED) is 0.867. The van der Waals surface area contributed by atoms with Crippen LogP contribution in [0.4, 0.5) is 8.78 Å². The van der Waals surface area contributed by atoms with Crippen LogP contribution in [-0.2, 0) is 6.54 Å². The lowest BCUT2D eigenvalue weighted by atomic mass is 10.2. The van der Waals surface area contributed by atoms with Gasteiger partial charge in [0, 0.05) is 17.5 Å². The number of nitrogens with one attached hydrogen (secondary N) is 1. The predicted octanol–water partition coefficient (Wildman–Crippen LogP) is 3.14. The zero-order valence-electron chi connectivity index (χ0n) is 9.49. The van der Waals surface area contributed by atoms with Crippen LogP contribution < -0.4 is 0 Å². The van der Waals surface area contributed by atoms with E-state index in [4.69, 9.17) is 12.2 Å². The third-order valence-electron chi connectivity index (χ3n) is 3.07. The van der Waals surface area contributed by atoms with E-state index >= 15 is 0 Å². The van der Waals surface area contributed by atoms with Crippen molar-refractivity contribution in [1.29, 1.82) is 0 Å². The van der Waals surface area contributed by atoms with Crippen molar-refractivity contribution in [3.63, 3.8) is 0 Å². The minimum atomic E-state index is -0.575. The first-order valence-corrected chi connectivity index (χ1v) is 6.15. The van der Waals surface area contributed by atoms with E-state index in [0.717, 1.165) is 24.7 Å². The van der Waals surface area contributed by atoms with E-state index in [1.807, 2.05) is 0 Å². The van der Waals surface area contributed by atoms with Crippen molar-refractivity contribution in [2.24, 2.45) is 0 Å². The average Bonchev–Trinajstić information content (AvgIpc) is 3.10. The van der Waals surface area contributed by atoms with E-state index in [1.54, 1.807) is 4.57 Å². The van der Waals surface area contributed by atoms with Gasteiger partial charge in [0.2, 0.25) is 0 Å². The molecule has 1 saturated carbocycles. The fourth-order valence-electron chi connectivity index (χ4n) is 1.96. The maximum atomic E-state index is 13.6. The van der Waals surface area contributed by atoms with Gasteiger partial charge in [-0.25, -0.2) is 8.78 Å². The van der Waals surface area contributed by atoms with Gasteiger partial charge in [0.05, 0.1) is 6.54 Å². The molecule has 3 rings (SSSR count). The maximum Gasteiger partial charge on any atom is 0.195 e. The lowest BCUT2D eigenvalue weighted by molar-refractivity contribution is 0.563. The molecule has 94 valence electrons. The summed E-state index contributed by atoms with van der Waals surface area (Å²) in [5.41, 5.74) is 0.413. The highest BCUT2D eigenvalue weighted by molar-refractivity contribution is 7.71. The van der Waals surface area contributed by atoms with E-state index < -0.39 is 11.6 Å². The minimum absolute atomic E-state index is 0.285. The van der Waals surface area contributed by atoms with Crippen molar-refractivity contribution in [3.05, 3.63) is 46.0 Å². The number of hydrogen-bond acceptors (Lipinski definition) is 2. The van der Waals surface area contributed by atoms with Crippen LogP contribution in [0, 0.1) is 16.4 Å². The van der Waals surface area contributed by atoms with Crippen LogP contribution in [0.3, 0.4) is 0 Å². The highest BCUT2D eigenvalue weighted by Gasteiger charge is 2.29. The molecular weight excluding hydrogens is 256 g/mol. The number of benzene rings is 1. The Hall–Kier alpha value is -1.56. The highest BCUT2D eigenvalue weighted by Crippen LogP contribution is 2.39. The first-order valence-electron chi connectivity index (χ1n) is 5.74. The lowest BCUT2D eigenvalue weighted by Gasteiger charge is -2.07. The standard InChI is InChI=1S/C12H11F2N3S/c13-9-4-3-8(10(14)5-9)6-17-11(7-1-2-7)15-16-12(17)18/h3-5,7H,1-2,6H2,(H,16,18). The molecule has 1 aliphatic rings. The Balaban J connectivity index is 1.96. The van der Waals surface area contributed by atoms with Crippen molar-refractivity contribution in [3.8, 4) is 0 Å². The van der Waals surface area contributed by atoms with Gasteiger partial charge in [0.1, 0.15) is 17.5 Å². The molecule has 1 aromatic heterocycles. The Kier molecular flexibility index (Phi) is 2.74. The van der Waals surface area contributed by atoms with Crippen LogP contribution in [0.25, 0.3) is 0 Å². The molecule has 0 unspecified atom stereocenters. The number of H-pyrrole nitrogens is 1. The van der Waals surface area contributed by atoms with Gasteiger partial charge >= 0.3 is 0 Å². The van der Waals surface area contributed by atoms with Gasteiger partial charge in [-0.3, -0.25) is 9.67 Å². The van der Waals surface area contributed by atoms with Gasteiger partial charge in [-0.2, -0.15) is 5.10 Å². The van der Waals surface area contributed by atoms with E-state index in [2.05, 4.69) is 10.2 Å². The molecule has 0 radical (unpaired) electrons. The van der Waals surface area contributed by atoms with Gasteiger partial charge < -0.3 is 0 Å². The van der Waals surface area contributed by atoms with Gasteiger partial charge in [0.25, 0.3) is 0 Å². The number of hydrogen-bond donors (Lipinski definition) is 1. The van der Waals surface area contributed by atoms with Crippen molar-refractivity contribution in [2.75, 3.05) is 0 Å². The van der Waals surface area contributed by atoms with Crippen molar-refractivity contribution in [1.82, 2.24) is 14.8 Å². The second kappa shape index (κ2) is 4.28. The Morgan fingerprint density at radius 1 is 1.39 bits per heavy atom. The first kappa shape index (κ1) is 11.5. The summed E-state index contributed by atoms with van der Waals surface area (Å²) in [7, 11) is 0. The van der Waals surface area contributed by atoms with E-state index in [-0.39, 0.29) is 6.54 Å². The van der Waals surface area contributed by atoms with Gasteiger partial charge in [0.15, 0.2) is 4.77 Å². The van der Waals surface area contributed by atoms with Crippen molar-refractivity contribution >= 4 is 12.2 Å². The summed E-state index contributed by atoms with van der Waals surface area (Å²) in [6.07, 6.45) is 2.18. The number of aromatic nitrogens is 3. The summed E-state index contributed by atoms with van der Waals surface area (Å²) in [5, 5.41) is 6.90. The normalized spacial score (nSPS) is 15.0. The molecule has 0 saturated heterocycles. The number of rotatable bonds is 3. The summed E-state index contributed by atoms with van der Waals surface area (Å²) in [6.45, 7) is 0.285. The van der Waals surface area contributed by atoms with Crippen molar-refractivity contribution < 1.29 is 8.78 Å². The third-order valence-corrected chi connectivity index (χ3v) is 3.39. The molecule has 0 spiro atoms. The third kappa shape index (κ3) is 2.08. The molecule has 0 amide bonds. The Bertz CT molecular complexity index is 643. The topological polar surface area (TPSA) is 33.6 Å². The summed E-state index contributed by atoms with van der Waals surface area (Å²) < 4.78 is 28.7. The molecule has 1 fully saturated rings. The SMILES string of the molecule is Fc1ccc(Cn2c(C3CC3)n[nH]c2=S)c(F)c1. The van der Waals surface area contributed by atoms with Crippen LogP contribution in [0.2, 0.25) is 0 Å². The van der Waals surface area contributed by atoms with Gasteiger partial charge in [-0.05, 0) is 31.1 Å². The number of nitrogens with zero attached hydrogens (tertiary/aromatic N) is 2.